The molecular weight excluding hydrogens is 367 g/mol. The predicted octanol–water partition coefficient (Wildman–Crippen LogP) is 5.70. The molecule has 1 aromatic carbocycles. The minimum atomic E-state index is -0.546. The second-order valence-corrected chi connectivity index (χ2v) is 8.92. The highest BCUT2D eigenvalue weighted by Gasteiger charge is 2.28. The summed E-state index contributed by atoms with van der Waals surface area (Å²) in [6.45, 7) is 4.22. The van der Waals surface area contributed by atoms with E-state index in [0.717, 1.165) is 17.3 Å². The summed E-state index contributed by atoms with van der Waals surface area (Å²) in [5.41, 5.74) is 1.66. The number of rotatable bonds is 6. The maximum Gasteiger partial charge on any atom is 0.226 e. The van der Waals surface area contributed by atoms with Gasteiger partial charge in [-0.3, -0.25) is 14.9 Å². The number of amides is 1. The first-order valence-electron chi connectivity index (χ1n) is 10.3. The van der Waals surface area contributed by atoms with Gasteiger partial charge in [-0.1, -0.05) is 51.7 Å². The Bertz CT molecular complexity index is 1020. The number of anilines is 1. The zero-order valence-electron chi connectivity index (χ0n) is 17.0. The molecule has 2 N–H and O–H groups in total. The van der Waals surface area contributed by atoms with Crippen molar-refractivity contribution in [1.29, 1.82) is 0 Å². The molecule has 2 aromatic heterocycles. The number of nitrogens with zero attached hydrogens (tertiary/aromatic N) is 2. The molecule has 0 unspecified atom stereocenters. The maximum atomic E-state index is 14.9. The Kier molecular flexibility index (Phi) is 5.35. The van der Waals surface area contributed by atoms with Gasteiger partial charge >= 0.3 is 0 Å². The molecule has 0 atom stereocenters. The number of carbonyl (C=O) groups excluding carboxylic acids is 1. The molecule has 152 valence electrons. The van der Waals surface area contributed by atoms with Crippen LogP contribution in [0, 0.1) is 17.2 Å². The summed E-state index contributed by atoms with van der Waals surface area (Å²) >= 11 is 0. The van der Waals surface area contributed by atoms with Crippen LogP contribution in [0.5, 0.6) is 0 Å². The summed E-state index contributed by atoms with van der Waals surface area (Å²) in [6, 6.07) is 9.26. The topological polar surface area (TPSA) is 70.7 Å². The third-order valence-corrected chi connectivity index (χ3v) is 5.81. The smallest absolute Gasteiger partial charge is 0.226 e. The average molecular weight is 394 g/mol. The van der Waals surface area contributed by atoms with Gasteiger partial charge in [-0.25, -0.2) is 4.39 Å². The molecule has 1 saturated carbocycles. The Morgan fingerprint density at radius 3 is 2.86 bits per heavy atom. The van der Waals surface area contributed by atoms with Gasteiger partial charge in [-0.15, -0.1) is 0 Å². The van der Waals surface area contributed by atoms with E-state index in [4.69, 9.17) is 0 Å². The zero-order valence-corrected chi connectivity index (χ0v) is 17.0. The number of fused-ring (bicyclic) bond motifs is 1. The summed E-state index contributed by atoms with van der Waals surface area (Å²) in [4.78, 5) is 16.8. The SMILES string of the molecule is CC(C)(CC(=O)Nc1n[nH]c(-c2ccc3ncccc3c2)c1F)CC1CCCC1. The number of benzene rings is 1. The first-order chi connectivity index (χ1) is 13.9. The second-order valence-electron chi connectivity index (χ2n) is 8.92. The normalized spacial score (nSPS) is 15.1. The summed E-state index contributed by atoms with van der Waals surface area (Å²) in [5, 5.41) is 10.3. The van der Waals surface area contributed by atoms with Gasteiger partial charge in [-0.05, 0) is 36.0 Å². The van der Waals surface area contributed by atoms with E-state index in [0.29, 0.717) is 17.9 Å². The number of halogens is 1. The highest BCUT2D eigenvalue weighted by atomic mass is 19.1. The van der Waals surface area contributed by atoms with Crippen molar-refractivity contribution in [3.63, 3.8) is 0 Å². The van der Waals surface area contributed by atoms with Gasteiger partial charge < -0.3 is 5.32 Å². The van der Waals surface area contributed by atoms with Gasteiger partial charge in [0.1, 0.15) is 5.69 Å². The van der Waals surface area contributed by atoms with E-state index in [1.807, 2.05) is 24.3 Å². The van der Waals surface area contributed by atoms with E-state index in [1.165, 1.54) is 25.7 Å². The molecular formula is C23H27FN4O. The summed E-state index contributed by atoms with van der Waals surface area (Å²) in [7, 11) is 0. The number of pyridine rings is 1. The Morgan fingerprint density at radius 2 is 2.07 bits per heavy atom. The lowest BCUT2D eigenvalue weighted by molar-refractivity contribution is -0.118. The fraction of sp³-hybridized carbons (Fsp3) is 0.435. The predicted molar refractivity (Wildman–Crippen MR) is 113 cm³/mol. The number of aromatic nitrogens is 3. The van der Waals surface area contributed by atoms with Crippen molar-refractivity contribution in [3.8, 4) is 11.3 Å². The van der Waals surface area contributed by atoms with Crippen LogP contribution in [0.2, 0.25) is 0 Å². The van der Waals surface area contributed by atoms with Crippen molar-refractivity contribution in [2.75, 3.05) is 5.32 Å². The van der Waals surface area contributed by atoms with E-state index < -0.39 is 5.82 Å². The molecule has 1 amide bonds. The van der Waals surface area contributed by atoms with Crippen LogP contribution >= 0.6 is 0 Å². The Labute approximate surface area is 170 Å². The molecule has 2 heterocycles. The molecule has 1 aliphatic carbocycles. The molecule has 3 aromatic rings. The molecule has 1 fully saturated rings. The number of carbonyl (C=O) groups is 1. The number of H-pyrrole nitrogens is 1. The van der Waals surface area contributed by atoms with E-state index >= 15 is 0 Å². The van der Waals surface area contributed by atoms with E-state index in [1.54, 1.807) is 12.3 Å². The minimum absolute atomic E-state index is 0.0482. The third-order valence-electron chi connectivity index (χ3n) is 5.81. The van der Waals surface area contributed by atoms with Gasteiger partial charge in [0.25, 0.3) is 0 Å². The highest BCUT2D eigenvalue weighted by molar-refractivity contribution is 5.91. The highest BCUT2D eigenvalue weighted by Crippen LogP contribution is 2.37. The van der Waals surface area contributed by atoms with Gasteiger partial charge in [0, 0.05) is 23.6 Å². The lowest BCUT2D eigenvalue weighted by Crippen LogP contribution is -2.24. The minimum Gasteiger partial charge on any atom is -0.307 e. The second kappa shape index (κ2) is 7.93. The molecule has 0 saturated heterocycles. The molecule has 0 aliphatic heterocycles. The van der Waals surface area contributed by atoms with Gasteiger partial charge in [-0.2, -0.15) is 5.10 Å². The lowest BCUT2D eigenvalue weighted by atomic mass is 9.79. The van der Waals surface area contributed by atoms with Crippen LogP contribution in [-0.4, -0.2) is 21.1 Å². The maximum absolute atomic E-state index is 14.9. The van der Waals surface area contributed by atoms with Crippen LogP contribution in [0.4, 0.5) is 10.2 Å². The van der Waals surface area contributed by atoms with Gasteiger partial charge in [0.2, 0.25) is 5.91 Å². The van der Waals surface area contributed by atoms with Gasteiger partial charge in [0.15, 0.2) is 11.6 Å². The summed E-state index contributed by atoms with van der Waals surface area (Å²) in [5.74, 6) is -0.0929. The van der Waals surface area contributed by atoms with Crippen LogP contribution in [0.1, 0.15) is 52.4 Å². The van der Waals surface area contributed by atoms with Crippen LogP contribution in [-0.2, 0) is 4.79 Å². The van der Waals surface area contributed by atoms with Crippen molar-refractivity contribution >= 4 is 22.6 Å². The van der Waals surface area contributed by atoms with Crippen molar-refractivity contribution < 1.29 is 9.18 Å². The molecule has 1 aliphatic rings. The first-order valence-corrected chi connectivity index (χ1v) is 10.3. The van der Waals surface area contributed by atoms with E-state index in [9.17, 15) is 9.18 Å². The standard InChI is InChI=1S/C23H27FN4O/c1-23(2,13-15-6-3-4-7-15)14-19(29)26-22-20(24)21(27-28-22)17-9-10-18-16(12-17)8-5-11-25-18/h5,8-12,15H,3-4,6-7,13-14H2,1-2H3,(H2,26,27,28,29). The van der Waals surface area contributed by atoms with E-state index in [2.05, 4.69) is 34.3 Å². The van der Waals surface area contributed by atoms with Crippen molar-refractivity contribution in [2.24, 2.45) is 11.3 Å². The molecule has 29 heavy (non-hydrogen) atoms. The number of aromatic amines is 1. The fourth-order valence-corrected chi connectivity index (χ4v) is 4.51. The van der Waals surface area contributed by atoms with Crippen molar-refractivity contribution in [2.45, 2.75) is 52.4 Å². The molecule has 0 bridgehead atoms. The van der Waals surface area contributed by atoms with Crippen LogP contribution < -0.4 is 5.32 Å². The lowest BCUT2D eigenvalue weighted by Gasteiger charge is -2.27. The monoisotopic (exact) mass is 394 g/mol. The van der Waals surface area contributed by atoms with Crippen LogP contribution in [0.25, 0.3) is 22.2 Å². The van der Waals surface area contributed by atoms with Crippen LogP contribution in [0.15, 0.2) is 36.5 Å². The summed E-state index contributed by atoms with van der Waals surface area (Å²) < 4.78 is 14.9. The van der Waals surface area contributed by atoms with Crippen molar-refractivity contribution in [3.05, 3.63) is 42.3 Å². The molecule has 6 heteroatoms. The summed E-state index contributed by atoms with van der Waals surface area (Å²) in [6.07, 6.45) is 8.19. The molecule has 4 rings (SSSR count). The fourth-order valence-electron chi connectivity index (χ4n) is 4.51. The number of hydrogen-bond donors (Lipinski definition) is 2. The largest absolute Gasteiger partial charge is 0.307 e. The zero-order chi connectivity index (χ0) is 20.4. The molecule has 5 nitrogen and oxygen atoms in total. The Balaban J connectivity index is 1.45. The Morgan fingerprint density at radius 1 is 1.28 bits per heavy atom. The Hall–Kier alpha value is -2.76. The molecule has 0 spiro atoms. The van der Waals surface area contributed by atoms with Crippen molar-refractivity contribution in [1.82, 2.24) is 15.2 Å². The van der Waals surface area contributed by atoms with E-state index in [-0.39, 0.29) is 22.8 Å². The number of nitrogens with one attached hydrogen (secondary N) is 2. The third kappa shape index (κ3) is 4.47. The van der Waals surface area contributed by atoms with Gasteiger partial charge in [0.05, 0.1) is 5.52 Å². The quantitative estimate of drug-likeness (QED) is 0.563. The number of hydrogen-bond acceptors (Lipinski definition) is 3. The van der Waals surface area contributed by atoms with Crippen LogP contribution in [0.3, 0.4) is 0 Å². The average Bonchev–Trinajstić information content (AvgIpc) is 3.30. The molecule has 0 radical (unpaired) electrons. The first kappa shape index (κ1) is 19.6.